The lowest BCUT2D eigenvalue weighted by Crippen LogP contribution is -2.44. The molecule has 0 fully saturated rings. The lowest BCUT2D eigenvalue weighted by Gasteiger charge is -2.24. The number of carbonyl (C=O) groups excluding carboxylic acids is 2. The van der Waals surface area contributed by atoms with E-state index < -0.39 is 15.9 Å². The molecule has 21 heavy (non-hydrogen) atoms. The minimum atomic E-state index is -3.51. The monoisotopic (exact) mass is 316 g/mol. The number of amides is 2. The van der Waals surface area contributed by atoms with Gasteiger partial charge in [-0.3, -0.25) is 15.0 Å². The lowest BCUT2D eigenvalue weighted by atomic mass is 10.1. The van der Waals surface area contributed by atoms with Crippen LogP contribution in [0.2, 0.25) is 0 Å². The highest BCUT2D eigenvalue weighted by Crippen LogP contribution is 2.07. The van der Waals surface area contributed by atoms with Gasteiger partial charge in [-0.1, -0.05) is 6.08 Å². The normalized spacial score (nSPS) is 14.9. The Bertz CT molecular complexity index is 566. The summed E-state index contributed by atoms with van der Waals surface area (Å²) < 4.78 is 21.8. The van der Waals surface area contributed by atoms with Gasteiger partial charge in [0.2, 0.25) is 15.9 Å². The van der Waals surface area contributed by atoms with E-state index >= 15 is 0 Å². The predicted octanol–water partition coefficient (Wildman–Crippen LogP) is -1.15. The molecule has 0 bridgehead atoms. The molecule has 0 aromatic heterocycles. The second-order valence-electron chi connectivity index (χ2n) is 4.99. The second-order valence-corrected chi connectivity index (χ2v) is 6.74. The molecule has 0 radical (unpaired) electrons. The van der Waals surface area contributed by atoms with Gasteiger partial charge in [-0.15, -0.1) is 4.83 Å². The highest BCUT2D eigenvalue weighted by Gasteiger charge is 2.17. The molecule has 9 heteroatoms. The number of allylic oxidation sites excluding steroid dienone is 2. The van der Waals surface area contributed by atoms with Crippen LogP contribution >= 0.6 is 0 Å². The minimum absolute atomic E-state index is 0.0449. The maximum absolute atomic E-state index is 11.8. The molecule has 0 aromatic carbocycles. The first-order chi connectivity index (χ1) is 9.67. The molecule has 0 saturated heterocycles. The molecular formula is C12H20N4O4S. The average molecular weight is 316 g/mol. The van der Waals surface area contributed by atoms with E-state index in [9.17, 15) is 18.0 Å². The lowest BCUT2D eigenvalue weighted by molar-refractivity contribution is -0.122. The fourth-order valence-electron chi connectivity index (χ4n) is 1.63. The van der Waals surface area contributed by atoms with Crippen molar-refractivity contribution in [2.24, 2.45) is 0 Å². The third-order valence-electron chi connectivity index (χ3n) is 2.41. The third-order valence-corrected chi connectivity index (χ3v) is 2.88. The van der Waals surface area contributed by atoms with Crippen LogP contribution in [0.5, 0.6) is 0 Å². The number of nitrogens with one attached hydrogen (secondary N) is 3. The number of hydrazine groups is 1. The molecule has 0 aliphatic carbocycles. The van der Waals surface area contributed by atoms with Crippen LogP contribution in [0.1, 0.15) is 13.8 Å². The van der Waals surface area contributed by atoms with Gasteiger partial charge in [0.25, 0.3) is 5.91 Å². The Balaban J connectivity index is 2.52. The Morgan fingerprint density at radius 2 is 2.05 bits per heavy atom. The second kappa shape index (κ2) is 7.23. The smallest absolute Gasteiger partial charge is 0.263 e. The van der Waals surface area contributed by atoms with Crippen LogP contribution in [-0.2, 0) is 19.6 Å². The van der Waals surface area contributed by atoms with Gasteiger partial charge < -0.3 is 10.2 Å². The van der Waals surface area contributed by atoms with Crippen molar-refractivity contribution >= 4 is 21.8 Å². The standard InChI is InChI=1S/C12H20N4O4S/c1-9(2)13-11(17)8-16-6-4-5-10(7-16)12(18)14-15-21(3,19)20/h4-6,9,15H,7-8H2,1-3H3,(H,13,17)(H,14,18). The summed E-state index contributed by atoms with van der Waals surface area (Å²) in [6.45, 7) is 4.07. The Labute approximate surface area is 124 Å². The molecule has 0 unspecified atom stereocenters. The van der Waals surface area contributed by atoms with Crippen molar-refractivity contribution in [1.82, 2.24) is 20.5 Å². The molecule has 1 aliphatic heterocycles. The highest BCUT2D eigenvalue weighted by atomic mass is 32.2. The van der Waals surface area contributed by atoms with Crippen molar-refractivity contribution in [3.05, 3.63) is 23.9 Å². The minimum Gasteiger partial charge on any atom is -0.364 e. The Morgan fingerprint density at radius 3 is 2.62 bits per heavy atom. The largest absolute Gasteiger partial charge is 0.364 e. The first kappa shape index (κ1) is 17.2. The van der Waals surface area contributed by atoms with Crippen LogP contribution in [0.4, 0.5) is 0 Å². The summed E-state index contributed by atoms with van der Waals surface area (Å²) in [5, 5.41) is 2.75. The van der Waals surface area contributed by atoms with Gasteiger partial charge in [0, 0.05) is 18.2 Å². The summed E-state index contributed by atoms with van der Waals surface area (Å²) in [5.41, 5.74) is 2.44. The zero-order valence-corrected chi connectivity index (χ0v) is 13.0. The van der Waals surface area contributed by atoms with Crippen LogP contribution in [-0.4, -0.2) is 50.5 Å². The SMILES string of the molecule is CC(C)NC(=O)CN1C=CC=C(C(=O)NNS(C)(=O)=O)C1. The van der Waals surface area contributed by atoms with E-state index in [4.69, 9.17) is 0 Å². The maximum atomic E-state index is 11.8. The molecule has 1 rings (SSSR count). The van der Waals surface area contributed by atoms with Crippen molar-refractivity contribution in [1.29, 1.82) is 0 Å². The Kier molecular flexibility index (Phi) is 5.91. The highest BCUT2D eigenvalue weighted by molar-refractivity contribution is 7.88. The topological polar surface area (TPSA) is 108 Å². The first-order valence-corrected chi connectivity index (χ1v) is 8.24. The molecule has 0 saturated carbocycles. The zero-order valence-electron chi connectivity index (χ0n) is 12.2. The molecule has 118 valence electrons. The number of carbonyl (C=O) groups is 2. The summed E-state index contributed by atoms with van der Waals surface area (Å²) in [4.78, 5) is 27.0. The van der Waals surface area contributed by atoms with Crippen LogP contribution in [0.3, 0.4) is 0 Å². The number of nitrogens with zero attached hydrogens (tertiary/aromatic N) is 1. The quantitative estimate of drug-likeness (QED) is 0.536. The summed E-state index contributed by atoms with van der Waals surface area (Å²) in [6.07, 6.45) is 5.82. The van der Waals surface area contributed by atoms with Gasteiger partial charge in [-0.05, 0) is 26.1 Å². The molecule has 0 atom stereocenters. The number of rotatable bonds is 6. The van der Waals surface area contributed by atoms with Gasteiger partial charge >= 0.3 is 0 Å². The Hall–Kier alpha value is -1.87. The third kappa shape index (κ3) is 6.91. The average Bonchev–Trinajstić information content (AvgIpc) is 2.34. The molecule has 1 aliphatic rings. The number of hydrogen-bond acceptors (Lipinski definition) is 5. The molecule has 3 N–H and O–H groups in total. The molecular weight excluding hydrogens is 296 g/mol. The predicted molar refractivity (Wildman–Crippen MR) is 78.2 cm³/mol. The zero-order chi connectivity index (χ0) is 16.0. The number of sulfonamides is 1. The molecule has 0 spiro atoms. The van der Waals surface area contributed by atoms with E-state index in [1.807, 2.05) is 18.7 Å². The fraction of sp³-hybridized carbons (Fsp3) is 0.500. The summed E-state index contributed by atoms with van der Waals surface area (Å²) in [5.74, 6) is -0.704. The summed E-state index contributed by atoms with van der Waals surface area (Å²) in [6, 6.07) is 0.0449. The summed E-state index contributed by atoms with van der Waals surface area (Å²) in [7, 11) is -3.51. The molecule has 1 heterocycles. The fourth-order valence-corrected chi connectivity index (χ4v) is 1.91. The van der Waals surface area contributed by atoms with E-state index in [0.29, 0.717) is 5.57 Å². The molecule has 2 amide bonds. The van der Waals surface area contributed by atoms with Crippen LogP contribution < -0.4 is 15.6 Å². The van der Waals surface area contributed by atoms with E-state index in [2.05, 4.69) is 10.7 Å². The number of hydrogen-bond donors (Lipinski definition) is 3. The van der Waals surface area contributed by atoms with E-state index in [-0.39, 0.29) is 25.0 Å². The van der Waals surface area contributed by atoms with E-state index in [0.717, 1.165) is 6.26 Å². The summed E-state index contributed by atoms with van der Waals surface area (Å²) >= 11 is 0. The Morgan fingerprint density at radius 1 is 1.38 bits per heavy atom. The van der Waals surface area contributed by atoms with Gasteiger partial charge in [0.15, 0.2) is 0 Å². The van der Waals surface area contributed by atoms with E-state index in [1.165, 1.54) is 0 Å². The maximum Gasteiger partial charge on any atom is 0.263 e. The van der Waals surface area contributed by atoms with Gasteiger partial charge in [0.05, 0.1) is 12.8 Å². The molecule has 0 aromatic rings. The van der Waals surface area contributed by atoms with Crippen LogP contribution in [0.25, 0.3) is 0 Å². The van der Waals surface area contributed by atoms with Crippen molar-refractivity contribution in [3.8, 4) is 0 Å². The van der Waals surface area contributed by atoms with Crippen molar-refractivity contribution < 1.29 is 18.0 Å². The van der Waals surface area contributed by atoms with Gasteiger partial charge in [-0.25, -0.2) is 8.42 Å². The van der Waals surface area contributed by atoms with Crippen molar-refractivity contribution in [2.75, 3.05) is 19.3 Å². The van der Waals surface area contributed by atoms with Gasteiger partial charge in [-0.2, -0.15) is 0 Å². The van der Waals surface area contributed by atoms with Gasteiger partial charge in [0.1, 0.15) is 0 Å². The van der Waals surface area contributed by atoms with Crippen LogP contribution in [0.15, 0.2) is 23.9 Å². The van der Waals surface area contributed by atoms with Crippen LogP contribution in [0, 0.1) is 0 Å². The van der Waals surface area contributed by atoms with E-state index in [1.54, 1.807) is 23.3 Å². The van der Waals surface area contributed by atoms with Crippen molar-refractivity contribution in [3.63, 3.8) is 0 Å². The first-order valence-electron chi connectivity index (χ1n) is 6.35. The molecule has 8 nitrogen and oxygen atoms in total. The van der Waals surface area contributed by atoms with Crippen molar-refractivity contribution in [2.45, 2.75) is 19.9 Å².